The third-order valence-corrected chi connectivity index (χ3v) is 4.13. The first kappa shape index (κ1) is 12.7. The van der Waals surface area contributed by atoms with Crippen LogP contribution in [0, 0.1) is 0 Å². The molecule has 1 aromatic heterocycles. The molecule has 1 aromatic rings. The molecule has 0 fully saturated rings. The lowest BCUT2D eigenvalue weighted by molar-refractivity contribution is 0.0229. The molecule has 0 saturated carbocycles. The van der Waals surface area contributed by atoms with Crippen molar-refractivity contribution in [1.29, 1.82) is 0 Å². The van der Waals surface area contributed by atoms with Crippen LogP contribution in [0.5, 0.6) is 0 Å². The summed E-state index contributed by atoms with van der Waals surface area (Å²) in [5.41, 5.74) is 0. The maximum absolute atomic E-state index is 9.58. The minimum absolute atomic E-state index is 0.319. The van der Waals surface area contributed by atoms with Gasteiger partial charge in [0.1, 0.15) is 0 Å². The quantitative estimate of drug-likeness (QED) is 0.813. The van der Waals surface area contributed by atoms with Gasteiger partial charge in [-0.05, 0) is 37.8 Å². The lowest BCUT2D eigenvalue weighted by Crippen LogP contribution is -2.23. The van der Waals surface area contributed by atoms with E-state index in [4.69, 9.17) is 0 Å². The standard InChI is InChI=1S/C12H20O2S/c1-4-10-5-6-12(15-10)8(2)7-11(14)9(3)13/h5-6,8-9,11,13-14H,4,7H2,1-3H3. The number of rotatable bonds is 5. The Morgan fingerprint density at radius 2 is 1.93 bits per heavy atom. The van der Waals surface area contributed by atoms with Gasteiger partial charge in [0.05, 0.1) is 12.2 Å². The molecule has 15 heavy (non-hydrogen) atoms. The van der Waals surface area contributed by atoms with E-state index in [0.29, 0.717) is 12.3 Å². The predicted octanol–water partition coefficient (Wildman–Crippen LogP) is 2.55. The topological polar surface area (TPSA) is 40.5 Å². The van der Waals surface area contributed by atoms with E-state index in [-0.39, 0.29) is 0 Å². The number of hydrogen-bond acceptors (Lipinski definition) is 3. The van der Waals surface area contributed by atoms with Crippen LogP contribution in [-0.4, -0.2) is 22.4 Å². The molecule has 0 aliphatic carbocycles. The fourth-order valence-electron chi connectivity index (χ4n) is 1.52. The molecule has 0 bridgehead atoms. The molecule has 0 saturated heterocycles. The number of thiophene rings is 1. The molecule has 0 aliphatic heterocycles. The molecule has 86 valence electrons. The van der Waals surface area contributed by atoms with Crippen molar-refractivity contribution >= 4 is 11.3 Å². The van der Waals surface area contributed by atoms with Crippen LogP contribution in [0.25, 0.3) is 0 Å². The van der Waals surface area contributed by atoms with E-state index in [1.807, 2.05) is 0 Å². The van der Waals surface area contributed by atoms with Crippen LogP contribution in [0.15, 0.2) is 12.1 Å². The second-order valence-electron chi connectivity index (χ2n) is 4.10. The highest BCUT2D eigenvalue weighted by molar-refractivity contribution is 7.12. The molecule has 0 aliphatic rings. The molecule has 1 rings (SSSR count). The molecular weight excluding hydrogens is 208 g/mol. The second-order valence-corrected chi connectivity index (χ2v) is 5.30. The number of aliphatic hydroxyl groups excluding tert-OH is 2. The zero-order valence-electron chi connectivity index (χ0n) is 9.60. The Hall–Kier alpha value is -0.380. The summed E-state index contributed by atoms with van der Waals surface area (Å²) >= 11 is 1.80. The molecule has 3 atom stereocenters. The first-order valence-electron chi connectivity index (χ1n) is 5.49. The number of aliphatic hydroxyl groups is 2. The van der Waals surface area contributed by atoms with E-state index in [0.717, 1.165) is 6.42 Å². The molecule has 2 N–H and O–H groups in total. The van der Waals surface area contributed by atoms with Gasteiger partial charge in [-0.2, -0.15) is 0 Å². The van der Waals surface area contributed by atoms with Gasteiger partial charge in [0.15, 0.2) is 0 Å². The fraction of sp³-hybridized carbons (Fsp3) is 0.667. The van der Waals surface area contributed by atoms with Crippen molar-refractivity contribution in [3.05, 3.63) is 21.9 Å². The van der Waals surface area contributed by atoms with E-state index in [1.165, 1.54) is 9.75 Å². The van der Waals surface area contributed by atoms with E-state index < -0.39 is 12.2 Å². The average Bonchev–Trinajstić information content (AvgIpc) is 2.65. The Morgan fingerprint density at radius 1 is 1.27 bits per heavy atom. The van der Waals surface area contributed by atoms with Crippen LogP contribution >= 0.6 is 11.3 Å². The van der Waals surface area contributed by atoms with Crippen molar-refractivity contribution in [2.75, 3.05) is 0 Å². The highest BCUT2D eigenvalue weighted by Gasteiger charge is 2.17. The summed E-state index contributed by atoms with van der Waals surface area (Å²) in [5, 5.41) is 18.8. The highest BCUT2D eigenvalue weighted by Crippen LogP contribution is 2.28. The fourth-order valence-corrected chi connectivity index (χ4v) is 2.54. The summed E-state index contributed by atoms with van der Waals surface area (Å²) < 4.78 is 0. The minimum atomic E-state index is -0.641. The highest BCUT2D eigenvalue weighted by atomic mass is 32.1. The van der Waals surface area contributed by atoms with Crippen molar-refractivity contribution in [1.82, 2.24) is 0 Å². The smallest absolute Gasteiger partial charge is 0.0802 e. The molecular formula is C12H20O2S. The summed E-state index contributed by atoms with van der Waals surface area (Å²) in [7, 11) is 0. The molecule has 0 radical (unpaired) electrons. The van der Waals surface area contributed by atoms with Crippen molar-refractivity contribution in [3.8, 4) is 0 Å². The van der Waals surface area contributed by atoms with Crippen LogP contribution < -0.4 is 0 Å². The van der Waals surface area contributed by atoms with Crippen molar-refractivity contribution < 1.29 is 10.2 Å². The molecule has 2 nitrogen and oxygen atoms in total. The lowest BCUT2D eigenvalue weighted by Gasteiger charge is -2.17. The average molecular weight is 228 g/mol. The van der Waals surface area contributed by atoms with Crippen molar-refractivity contribution in [3.63, 3.8) is 0 Å². The SMILES string of the molecule is CCc1ccc(C(C)CC(O)C(C)O)s1. The first-order chi connectivity index (χ1) is 7.04. The van der Waals surface area contributed by atoms with Crippen molar-refractivity contribution in [2.45, 2.75) is 51.7 Å². The van der Waals surface area contributed by atoms with Crippen LogP contribution in [0.2, 0.25) is 0 Å². The zero-order valence-corrected chi connectivity index (χ0v) is 10.4. The molecule has 3 unspecified atom stereocenters. The zero-order chi connectivity index (χ0) is 11.4. The van der Waals surface area contributed by atoms with Gasteiger partial charge in [0, 0.05) is 9.75 Å². The summed E-state index contributed by atoms with van der Waals surface area (Å²) in [6.45, 7) is 5.87. The van der Waals surface area contributed by atoms with E-state index >= 15 is 0 Å². The Bertz CT molecular complexity index is 294. The van der Waals surface area contributed by atoms with Crippen LogP contribution in [0.4, 0.5) is 0 Å². The molecule has 3 heteroatoms. The summed E-state index contributed by atoms with van der Waals surface area (Å²) in [6.07, 6.45) is 0.433. The monoisotopic (exact) mass is 228 g/mol. The summed E-state index contributed by atoms with van der Waals surface area (Å²) in [4.78, 5) is 2.68. The molecule has 0 spiro atoms. The maximum Gasteiger partial charge on any atom is 0.0802 e. The van der Waals surface area contributed by atoms with Gasteiger partial charge in [-0.25, -0.2) is 0 Å². The predicted molar refractivity (Wildman–Crippen MR) is 64.4 cm³/mol. The lowest BCUT2D eigenvalue weighted by atomic mass is 9.99. The van der Waals surface area contributed by atoms with Crippen LogP contribution in [0.1, 0.15) is 42.9 Å². The second kappa shape index (κ2) is 5.64. The Morgan fingerprint density at radius 3 is 2.40 bits per heavy atom. The largest absolute Gasteiger partial charge is 0.391 e. The van der Waals surface area contributed by atoms with Gasteiger partial charge in [-0.15, -0.1) is 11.3 Å². The minimum Gasteiger partial charge on any atom is -0.391 e. The number of hydrogen-bond donors (Lipinski definition) is 2. The number of aryl methyl sites for hydroxylation is 1. The Balaban J connectivity index is 2.56. The third kappa shape index (κ3) is 3.59. The van der Waals surface area contributed by atoms with Gasteiger partial charge in [0.2, 0.25) is 0 Å². The summed E-state index contributed by atoms with van der Waals surface area (Å²) in [5.74, 6) is 0.319. The maximum atomic E-state index is 9.58. The van der Waals surface area contributed by atoms with Gasteiger partial charge >= 0.3 is 0 Å². The third-order valence-electron chi connectivity index (χ3n) is 2.67. The van der Waals surface area contributed by atoms with Gasteiger partial charge in [-0.3, -0.25) is 0 Å². The van der Waals surface area contributed by atoms with Crippen molar-refractivity contribution in [2.24, 2.45) is 0 Å². The van der Waals surface area contributed by atoms with Gasteiger partial charge in [-0.1, -0.05) is 13.8 Å². The van der Waals surface area contributed by atoms with Crippen LogP contribution in [0.3, 0.4) is 0 Å². The summed E-state index contributed by atoms with van der Waals surface area (Å²) in [6, 6.07) is 4.27. The van der Waals surface area contributed by atoms with Gasteiger partial charge < -0.3 is 10.2 Å². The van der Waals surface area contributed by atoms with Gasteiger partial charge in [0.25, 0.3) is 0 Å². The van der Waals surface area contributed by atoms with E-state index in [1.54, 1.807) is 18.3 Å². The molecule has 0 aromatic carbocycles. The molecule has 1 heterocycles. The van der Waals surface area contributed by atoms with E-state index in [2.05, 4.69) is 26.0 Å². The normalized spacial score (nSPS) is 17.4. The van der Waals surface area contributed by atoms with E-state index in [9.17, 15) is 10.2 Å². The Kier molecular flexibility index (Phi) is 4.77. The van der Waals surface area contributed by atoms with Crippen LogP contribution in [-0.2, 0) is 6.42 Å². The first-order valence-corrected chi connectivity index (χ1v) is 6.31. The Labute approximate surface area is 95.6 Å². The molecule has 0 amide bonds.